The number of hydrogen-bond donors (Lipinski definition) is 0. The molecule has 1 atom stereocenters. The summed E-state index contributed by atoms with van der Waals surface area (Å²) >= 11 is 0. The number of pyridine rings is 1. The molecule has 32 heavy (non-hydrogen) atoms. The molecule has 0 spiro atoms. The second-order valence-corrected chi connectivity index (χ2v) is 8.50. The average molecular weight is 434 g/mol. The van der Waals surface area contributed by atoms with E-state index in [1.807, 2.05) is 42.6 Å². The minimum absolute atomic E-state index is 0.0618. The number of ether oxygens (including phenoxy) is 1. The first-order valence-corrected chi connectivity index (χ1v) is 10.8. The summed E-state index contributed by atoms with van der Waals surface area (Å²) in [4.78, 5) is 21.3. The molecule has 3 aromatic rings. The van der Waals surface area contributed by atoms with Gasteiger partial charge >= 0.3 is 0 Å². The molecule has 0 radical (unpaired) electrons. The van der Waals surface area contributed by atoms with Crippen molar-refractivity contribution in [3.05, 3.63) is 90.0 Å². The largest absolute Gasteiger partial charge is 0.362 e. The van der Waals surface area contributed by atoms with Gasteiger partial charge in [0.2, 0.25) is 0 Å². The number of hydrogen-bond acceptors (Lipinski definition) is 4. The fourth-order valence-corrected chi connectivity index (χ4v) is 4.33. The summed E-state index contributed by atoms with van der Waals surface area (Å²) in [6.07, 6.45) is 4.04. The predicted molar refractivity (Wildman–Crippen MR) is 122 cm³/mol. The third kappa shape index (κ3) is 5.03. The molecule has 2 heterocycles. The van der Waals surface area contributed by atoms with Crippen molar-refractivity contribution in [2.45, 2.75) is 18.6 Å². The fourth-order valence-electron chi connectivity index (χ4n) is 4.33. The number of aromatic nitrogens is 1. The fraction of sp³-hybridized carbons (Fsp3) is 0.308. The maximum Gasteiger partial charge on any atom is 0.255 e. The van der Waals surface area contributed by atoms with Gasteiger partial charge in [0.15, 0.2) is 5.60 Å². The first-order valence-electron chi connectivity index (χ1n) is 10.8. The van der Waals surface area contributed by atoms with Crippen LogP contribution in [0.1, 0.15) is 11.1 Å². The number of likely N-dealkylation sites (N-methyl/N-ethyl adjacent to an activating group) is 1. The van der Waals surface area contributed by atoms with E-state index in [1.165, 1.54) is 6.07 Å². The highest BCUT2D eigenvalue weighted by Gasteiger charge is 2.44. The van der Waals surface area contributed by atoms with Crippen LogP contribution in [0.3, 0.4) is 0 Å². The highest BCUT2D eigenvalue weighted by molar-refractivity contribution is 5.86. The van der Waals surface area contributed by atoms with Crippen LogP contribution in [0.2, 0.25) is 0 Å². The molecule has 1 aliphatic rings. The van der Waals surface area contributed by atoms with E-state index in [0.29, 0.717) is 32.7 Å². The SMILES string of the molecule is CN(C)C(=O)C1(Cc2cccc(-c3cccnc3)c2)CN(Cc2cccc(F)c2)CCO1. The Morgan fingerprint density at radius 3 is 2.62 bits per heavy atom. The summed E-state index contributed by atoms with van der Waals surface area (Å²) in [6.45, 7) is 2.14. The van der Waals surface area contributed by atoms with E-state index in [1.54, 1.807) is 37.3 Å². The van der Waals surface area contributed by atoms with Gasteiger partial charge < -0.3 is 9.64 Å². The zero-order valence-corrected chi connectivity index (χ0v) is 18.5. The summed E-state index contributed by atoms with van der Waals surface area (Å²) < 4.78 is 19.9. The van der Waals surface area contributed by atoms with E-state index in [9.17, 15) is 9.18 Å². The lowest BCUT2D eigenvalue weighted by Gasteiger charge is -2.43. The summed E-state index contributed by atoms with van der Waals surface area (Å²) in [6, 6.07) is 18.7. The van der Waals surface area contributed by atoms with Crippen molar-refractivity contribution in [2.24, 2.45) is 0 Å². The molecule has 1 aromatic heterocycles. The number of amides is 1. The molecule has 0 N–H and O–H groups in total. The molecule has 2 aromatic carbocycles. The average Bonchev–Trinajstić information content (AvgIpc) is 2.79. The first kappa shape index (κ1) is 22.1. The van der Waals surface area contributed by atoms with Gasteiger partial charge in [0.05, 0.1) is 6.61 Å². The molecule has 0 saturated carbocycles. The normalized spacial score (nSPS) is 19.0. The Morgan fingerprint density at radius 2 is 1.88 bits per heavy atom. The van der Waals surface area contributed by atoms with Crippen LogP contribution in [0, 0.1) is 5.82 Å². The molecular weight excluding hydrogens is 405 g/mol. The highest BCUT2D eigenvalue weighted by Crippen LogP contribution is 2.28. The van der Waals surface area contributed by atoms with E-state index in [-0.39, 0.29) is 11.7 Å². The standard InChI is InChI=1S/C26H28FN3O2/c1-29(2)25(31)26(16-20-6-3-8-22(14-20)23-9-5-11-28-17-23)19-30(12-13-32-26)18-21-7-4-10-24(27)15-21/h3-11,14-15,17H,12-13,16,18-19H2,1-2H3. The number of benzene rings is 2. The number of carbonyl (C=O) groups is 1. The van der Waals surface area contributed by atoms with Crippen molar-refractivity contribution >= 4 is 5.91 Å². The van der Waals surface area contributed by atoms with Crippen LogP contribution in [0.5, 0.6) is 0 Å². The second kappa shape index (κ2) is 9.59. The molecule has 166 valence electrons. The Kier molecular flexibility index (Phi) is 6.63. The Hall–Kier alpha value is -3.09. The molecule has 4 rings (SSSR count). The van der Waals surface area contributed by atoms with Gasteiger partial charge in [-0.2, -0.15) is 0 Å². The maximum absolute atomic E-state index is 13.7. The molecule has 5 nitrogen and oxygen atoms in total. The third-order valence-corrected chi connectivity index (χ3v) is 5.77. The Labute approximate surface area is 188 Å². The lowest BCUT2D eigenvalue weighted by atomic mass is 9.89. The quantitative estimate of drug-likeness (QED) is 0.593. The van der Waals surface area contributed by atoms with Gasteiger partial charge in [-0.05, 0) is 40.5 Å². The highest BCUT2D eigenvalue weighted by atomic mass is 19.1. The van der Waals surface area contributed by atoms with Crippen LogP contribution < -0.4 is 0 Å². The van der Waals surface area contributed by atoms with Crippen molar-refractivity contribution in [3.63, 3.8) is 0 Å². The summed E-state index contributed by atoms with van der Waals surface area (Å²) in [5, 5.41) is 0. The smallest absolute Gasteiger partial charge is 0.255 e. The topological polar surface area (TPSA) is 45.7 Å². The lowest BCUT2D eigenvalue weighted by Crippen LogP contribution is -2.60. The number of carbonyl (C=O) groups excluding carboxylic acids is 1. The van der Waals surface area contributed by atoms with Gasteiger partial charge in [-0.1, -0.05) is 42.5 Å². The van der Waals surface area contributed by atoms with Gasteiger partial charge in [0, 0.05) is 52.5 Å². The summed E-state index contributed by atoms with van der Waals surface area (Å²) in [7, 11) is 3.51. The molecule has 0 aliphatic carbocycles. The van der Waals surface area contributed by atoms with E-state index >= 15 is 0 Å². The Balaban J connectivity index is 1.60. The number of nitrogens with zero attached hydrogens (tertiary/aromatic N) is 3. The monoisotopic (exact) mass is 433 g/mol. The van der Waals surface area contributed by atoms with Gasteiger partial charge in [-0.15, -0.1) is 0 Å². The Bertz CT molecular complexity index is 1070. The molecule has 1 aliphatic heterocycles. The minimum atomic E-state index is -0.997. The second-order valence-electron chi connectivity index (χ2n) is 8.50. The summed E-state index contributed by atoms with van der Waals surface area (Å²) in [5.41, 5.74) is 2.99. The van der Waals surface area contributed by atoms with Crippen LogP contribution in [0.4, 0.5) is 4.39 Å². The molecule has 1 unspecified atom stereocenters. The number of rotatable bonds is 6. The van der Waals surface area contributed by atoms with Crippen LogP contribution in [-0.2, 0) is 22.5 Å². The first-order chi connectivity index (χ1) is 15.4. The van der Waals surface area contributed by atoms with Crippen LogP contribution in [-0.4, -0.2) is 60.1 Å². The van der Waals surface area contributed by atoms with E-state index in [0.717, 1.165) is 22.3 Å². The molecule has 6 heteroatoms. The minimum Gasteiger partial charge on any atom is -0.362 e. The molecule has 1 saturated heterocycles. The van der Waals surface area contributed by atoms with Crippen molar-refractivity contribution in [1.29, 1.82) is 0 Å². The van der Waals surface area contributed by atoms with Gasteiger partial charge in [-0.3, -0.25) is 14.7 Å². The van der Waals surface area contributed by atoms with E-state index in [4.69, 9.17) is 4.74 Å². The lowest BCUT2D eigenvalue weighted by molar-refractivity contribution is -0.169. The molecule has 0 bridgehead atoms. The molecular formula is C26H28FN3O2. The zero-order valence-electron chi connectivity index (χ0n) is 18.5. The van der Waals surface area contributed by atoms with Crippen molar-refractivity contribution in [3.8, 4) is 11.1 Å². The molecule has 1 amide bonds. The maximum atomic E-state index is 13.7. The number of morpholine rings is 1. The van der Waals surface area contributed by atoms with Gasteiger partial charge in [0.25, 0.3) is 5.91 Å². The molecule has 1 fully saturated rings. The predicted octanol–water partition coefficient (Wildman–Crippen LogP) is 3.79. The van der Waals surface area contributed by atoms with Crippen molar-refractivity contribution in [1.82, 2.24) is 14.8 Å². The van der Waals surface area contributed by atoms with E-state index in [2.05, 4.69) is 16.0 Å². The summed E-state index contributed by atoms with van der Waals surface area (Å²) in [5.74, 6) is -0.313. The Morgan fingerprint density at radius 1 is 1.09 bits per heavy atom. The van der Waals surface area contributed by atoms with Crippen LogP contribution >= 0.6 is 0 Å². The van der Waals surface area contributed by atoms with E-state index < -0.39 is 5.60 Å². The van der Waals surface area contributed by atoms with Crippen LogP contribution in [0.25, 0.3) is 11.1 Å². The van der Waals surface area contributed by atoms with Crippen LogP contribution in [0.15, 0.2) is 73.1 Å². The zero-order chi connectivity index (χ0) is 22.6. The van der Waals surface area contributed by atoms with Crippen molar-refractivity contribution < 1.29 is 13.9 Å². The third-order valence-electron chi connectivity index (χ3n) is 5.77. The van der Waals surface area contributed by atoms with Gasteiger partial charge in [-0.25, -0.2) is 4.39 Å². The van der Waals surface area contributed by atoms with Crippen molar-refractivity contribution in [2.75, 3.05) is 33.8 Å². The number of halogens is 1. The van der Waals surface area contributed by atoms with Gasteiger partial charge in [0.1, 0.15) is 5.82 Å².